The molecule has 1 N–H and O–H groups in total. The maximum Gasteiger partial charge on any atom is 0.0645 e. The molecule has 0 fully saturated rings. The molecule has 1 unspecified atom stereocenters. The zero-order valence-electron chi connectivity index (χ0n) is 10.4. The average molecular weight is 229 g/mol. The Morgan fingerprint density at radius 2 is 2.00 bits per heavy atom. The molecule has 0 saturated carbocycles. The van der Waals surface area contributed by atoms with Gasteiger partial charge in [-0.3, -0.25) is 0 Å². The van der Waals surface area contributed by atoms with E-state index >= 15 is 0 Å². The number of para-hydroxylation sites is 1. The normalized spacial score (nSPS) is 12.6. The first-order chi connectivity index (χ1) is 8.35. The number of nitrogens with one attached hydrogen (secondary N) is 1. The highest BCUT2D eigenvalue weighted by Crippen LogP contribution is 2.17. The Kier molecular flexibility index (Phi) is 3.94. The van der Waals surface area contributed by atoms with Crippen LogP contribution in [0.3, 0.4) is 0 Å². The van der Waals surface area contributed by atoms with E-state index < -0.39 is 0 Å². The van der Waals surface area contributed by atoms with Crippen LogP contribution in [0.2, 0.25) is 0 Å². The molecular formula is C14H19N3. The molecule has 17 heavy (non-hydrogen) atoms. The zero-order valence-corrected chi connectivity index (χ0v) is 10.4. The van der Waals surface area contributed by atoms with Crippen LogP contribution < -0.4 is 5.32 Å². The fourth-order valence-electron chi connectivity index (χ4n) is 1.98. The summed E-state index contributed by atoms with van der Waals surface area (Å²) in [4.78, 5) is 0. The van der Waals surface area contributed by atoms with Gasteiger partial charge < -0.3 is 5.32 Å². The van der Waals surface area contributed by atoms with Crippen molar-refractivity contribution in [3.05, 3.63) is 48.3 Å². The number of hydrogen-bond acceptors (Lipinski definition) is 2. The van der Waals surface area contributed by atoms with Gasteiger partial charge in [-0.05, 0) is 25.1 Å². The molecule has 0 aliphatic rings. The molecule has 0 radical (unpaired) electrons. The van der Waals surface area contributed by atoms with Gasteiger partial charge in [-0.1, -0.05) is 32.0 Å². The molecule has 90 valence electrons. The van der Waals surface area contributed by atoms with E-state index in [2.05, 4.69) is 42.6 Å². The first-order valence-electron chi connectivity index (χ1n) is 6.18. The highest BCUT2D eigenvalue weighted by molar-refractivity contribution is 5.31. The van der Waals surface area contributed by atoms with Crippen molar-refractivity contribution in [2.24, 2.45) is 0 Å². The van der Waals surface area contributed by atoms with Crippen LogP contribution >= 0.6 is 0 Å². The quantitative estimate of drug-likeness (QED) is 0.854. The van der Waals surface area contributed by atoms with Gasteiger partial charge in [0.2, 0.25) is 0 Å². The fourth-order valence-corrected chi connectivity index (χ4v) is 1.98. The van der Waals surface area contributed by atoms with Gasteiger partial charge >= 0.3 is 0 Å². The third kappa shape index (κ3) is 2.74. The van der Waals surface area contributed by atoms with Crippen LogP contribution in [0.4, 0.5) is 0 Å². The van der Waals surface area contributed by atoms with Crippen LogP contribution in [0.15, 0.2) is 42.7 Å². The minimum absolute atomic E-state index is 0.400. The van der Waals surface area contributed by atoms with Crippen LogP contribution in [-0.4, -0.2) is 16.3 Å². The molecule has 3 nitrogen and oxygen atoms in total. The van der Waals surface area contributed by atoms with Crippen molar-refractivity contribution in [1.29, 1.82) is 0 Å². The average Bonchev–Trinajstić information content (AvgIpc) is 2.86. The van der Waals surface area contributed by atoms with E-state index in [1.54, 1.807) is 0 Å². The standard InChI is InChI=1S/C14H19N3/c1-3-14(15-4-2)12-10-16-17(11-12)13-8-6-5-7-9-13/h5-11,14-15H,3-4H2,1-2H3. The maximum atomic E-state index is 4.41. The van der Waals surface area contributed by atoms with Crippen molar-refractivity contribution in [3.63, 3.8) is 0 Å². The number of rotatable bonds is 5. The third-order valence-corrected chi connectivity index (χ3v) is 2.88. The molecule has 0 amide bonds. The van der Waals surface area contributed by atoms with Gasteiger partial charge in [0.05, 0.1) is 11.9 Å². The third-order valence-electron chi connectivity index (χ3n) is 2.88. The van der Waals surface area contributed by atoms with Crippen LogP contribution in [0, 0.1) is 0 Å². The summed E-state index contributed by atoms with van der Waals surface area (Å²) in [7, 11) is 0. The zero-order chi connectivity index (χ0) is 12.1. The van der Waals surface area contributed by atoms with Gasteiger partial charge in [0, 0.05) is 17.8 Å². The van der Waals surface area contributed by atoms with Gasteiger partial charge in [-0.25, -0.2) is 4.68 Å². The van der Waals surface area contributed by atoms with Crippen molar-refractivity contribution < 1.29 is 0 Å². The molecule has 2 rings (SSSR count). The first kappa shape index (κ1) is 11.9. The molecule has 3 heteroatoms. The van der Waals surface area contributed by atoms with Crippen LogP contribution in [0.5, 0.6) is 0 Å². The number of aromatic nitrogens is 2. The van der Waals surface area contributed by atoms with Crippen molar-refractivity contribution in [1.82, 2.24) is 15.1 Å². The molecule has 0 saturated heterocycles. The highest BCUT2D eigenvalue weighted by atomic mass is 15.3. The van der Waals surface area contributed by atoms with Crippen LogP contribution in [0.25, 0.3) is 5.69 Å². The maximum absolute atomic E-state index is 4.41. The molecule has 0 aliphatic heterocycles. The summed E-state index contributed by atoms with van der Waals surface area (Å²) in [6, 6.07) is 10.6. The second-order valence-electron chi connectivity index (χ2n) is 4.07. The van der Waals surface area contributed by atoms with E-state index in [9.17, 15) is 0 Å². The lowest BCUT2D eigenvalue weighted by Gasteiger charge is -2.13. The monoisotopic (exact) mass is 229 g/mol. The van der Waals surface area contributed by atoms with Crippen LogP contribution in [0.1, 0.15) is 31.9 Å². The lowest BCUT2D eigenvalue weighted by Crippen LogP contribution is -2.19. The van der Waals surface area contributed by atoms with E-state index in [-0.39, 0.29) is 0 Å². The van der Waals surface area contributed by atoms with Gasteiger partial charge in [-0.2, -0.15) is 5.10 Å². The Morgan fingerprint density at radius 3 is 2.65 bits per heavy atom. The summed E-state index contributed by atoms with van der Waals surface area (Å²) in [5.74, 6) is 0. The largest absolute Gasteiger partial charge is 0.310 e. The minimum Gasteiger partial charge on any atom is -0.310 e. The van der Waals surface area contributed by atoms with E-state index in [0.717, 1.165) is 18.7 Å². The molecule has 1 aromatic carbocycles. The lowest BCUT2D eigenvalue weighted by atomic mass is 10.1. The molecule has 1 atom stereocenters. The Labute approximate surface area is 102 Å². The van der Waals surface area contributed by atoms with E-state index in [1.165, 1.54) is 5.56 Å². The molecule has 0 bridgehead atoms. The topological polar surface area (TPSA) is 29.9 Å². The second kappa shape index (κ2) is 5.64. The summed E-state index contributed by atoms with van der Waals surface area (Å²) < 4.78 is 1.93. The van der Waals surface area contributed by atoms with Gasteiger partial charge in [0.1, 0.15) is 0 Å². The summed E-state index contributed by atoms with van der Waals surface area (Å²) in [5, 5.41) is 7.87. The number of nitrogens with zero attached hydrogens (tertiary/aromatic N) is 2. The highest BCUT2D eigenvalue weighted by Gasteiger charge is 2.10. The summed E-state index contributed by atoms with van der Waals surface area (Å²) >= 11 is 0. The van der Waals surface area contributed by atoms with Gasteiger partial charge in [0.15, 0.2) is 0 Å². The predicted molar refractivity (Wildman–Crippen MR) is 70.3 cm³/mol. The molecule has 0 spiro atoms. The van der Waals surface area contributed by atoms with Crippen molar-refractivity contribution in [2.45, 2.75) is 26.3 Å². The summed E-state index contributed by atoms with van der Waals surface area (Å²) in [5.41, 5.74) is 2.35. The van der Waals surface area contributed by atoms with Crippen molar-refractivity contribution in [3.8, 4) is 5.69 Å². The Hall–Kier alpha value is -1.61. The lowest BCUT2D eigenvalue weighted by molar-refractivity contribution is 0.537. The van der Waals surface area contributed by atoms with E-state index in [0.29, 0.717) is 6.04 Å². The number of benzene rings is 1. The van der Waals surface area contributed by atoms with Crippen LogP contribution in [-0.2, 0) is 0 Å². The van der Waals surface area contributed by atoms with Crippen molar-refractivity contribution in [2.75, 3.05) is 6.54 Å². The molecule has 1 heterocycles. The number of hydrogen-bond donors (Lipinski definition) is 1. The Bertz CT molecular complexity index is 448. The Balaban J connectivity index is 2.21. The molecule has 0 aliphatic carbocycles. The second-order valence-corrected chi connectivity index (χ2v) is 4.07. The summed E-state index contributed by atoms with van der Waals surface area (Å²) in [6.07, 6.45) is 5.13. The predicted octanol–water partition coefficient (Wildman–Crippen LogP) is 2.93. The Morgan fingerprint density at radius 1 is 1.24 bits per heavy atom. The summed E-state index contributed by atoms with van der Waals surface area (Å²) in [6.45, 7) is 5.30. The SMILES string of the molecule is CCNC(CC)c1cnn(-c2ccccc2)c1. The molecule has 2 aromatic rings. The smallest absolute Gasteiger partial charge is 0.0645 e. The van der Waals surface area contributed by atoms with Gasteiger partial charge in [0.25, 0.3) is 0 Å². The first-order valence-corrected chi connectivity index (χ1v) is 6.18. The minimum atomic E-state index is 0.400. The van der Waals surface area contributed by atoms with E-state index in [4.69, 9.17) is 0 Å². The molecular weight excluding hydrogens is 210 g/mol. The van der Waals surface area contributed by atoms with E-state index in [1.807, 2.05) is 29.1 Å². The van der Waals surface area contributed by atoms with Gasteiger partial charge in [-0.15, -0.1) is 0 Å². The fraction of sp³-hybridized carbons (Fsp3) is 0.357. The molecule has 1 aromatic heterocycles. The van der Waals surface area contributed by atoms with Crippen molar-refractivity contribution >= 4 is 0 Å².